The summed E-state index contributed by atoms with van der Waals surface area (Å²) in [5.74, 6) is 0.0989. The van der Waals surface area contributed by atoms with Gasteiger partial charge >= 0.3 is 0 Å². The van der Waals surface area contributed by atoms with Crippen LogP contribution >= 0.6 is 11.3 Å². The van der Waals surface area contributed by atoms with E-state index in [9.17, 15) is 9.90 Å². The van der Waals surface area contributed by atoms with Crippen LogP contribution in [-0.4, -0.2) is 52.6 Å². The molecule has 0 radical (unpaired) electrons. The lowest BCUT2D eigenvalue weighted by atomic mass is 9.89. The van der Waals surface area contributed by atoms with Gasteiger partial charge in [0, 0.05) is 24.5 Å². The lowest BCUT2D eigenvalue weighted by molar-refractivity contribution is -0.142. The molecule has 21 heavy (non-hydrogen) atoms. The molecule has 116 valence electrons. The van der Waals surface area contributed by atoms with Crippen LogP contribution in [-0.2, 0) is 11.3 Å². The quantitative estimate of drug-likeness (QED) is 0.748. The molecule has 1 aliphatic rings. The molecule has 1 aromatic heterocycles. The van der Waals surface area contributed by atoms with Gasteiger partial charge in [-0.05, 0) is 17.9 Å². The number of aliphatic hydroxyl groups is 1. The number of nitrogens with zero attached hydrogens (tertiary/aromatic N) is 2. The third kappa shape index (κ3) is 4.40. The highest BCUT2D eigenvalue weighted by atomic mass is 32.1. The molecular weight excluding hydrogens is 284 g/mol. The van der Waals surface area contributed by atoms with Crippen LogP contribution in [0.15, 0.2) is 30.2 Å². The molecule has 0 bridgehead atoms. The first kappa shape index (κ1) is 16.2. The Morgan fingerprint density at radius 1 is 1.62 bits per heavy atom. The minimum absolute atomic E-state index is 0.0989. The van der Waals surface area contributed by atoms with Crippen LogP contribution in [0.25, 0.3) is 0 Å². The highest BCUT2D eigenvalue weighted by Gasteiger charge is 2.41. The van der Waals surface area contributed by atoms with Crippen molar-refractivity contribution in [1.29, 1.82) is 0 Å². The molecule has 0 unspecified atom stereocenters. The number of hydrogen-bond acceptors (Lipinski definition) is 4. The molecule has 1 aliphatic heterocycles. The second-order valence-electron chi connectivity index (χ2n) is 5.76. The predicted octanol–water partition coefficient (Wildman–Crippen LogP) is 2.11. The molecular formula is C16H24N2O2S. The average molecular weight is 308 g/mol. The molecule has 1 saturated heterocycles. The maximum Gasteiger partial charge on any atom is 0.237 e. The first-order valence-corrected chi connectivity index (χ1v) is 8.30. The molecule has 0 saturated carbocycles. The third-order valence-corrected chi connectivity index (χ3v) is 4.60. The van der Waals surface area contributed by atoms with Crippen LogP contribution in [0.2, 0.25) is 0 Å². The Bertz CT molecular complexity index is 467. The summed E-state index contributed by atoms with van der Waals surface area (Å²) in [5.41, 5.74) is -0.577. The molecule has 1 N–H and O–H groups in total. The van der Waals surface area contributed by atoms with Crippen molar-refractivity contribution in [3.05, 3.63) is 35.0 Å². The first-order chi connectivity index (χ1) is 10.1. The smallest absolute Gasteiger partial charge is 0.237 e. The van der Waals surface area contributed by atoms with Crippen molar-refractivity contribution in [2.75, 3.05) is 26.2 Å². The molecule has 0 aliphatic carbocycles. The number of carbonyl (C=O) groups excluding carboxylic acids is 1. The number of hydrogen-bond donors (Lipinski definition) is 1. The summed E-state index contributed by atoms with van der Waals surface area (Å²) >= 11 is 1.66. The van der Waals surface area contributed by atoms with Crippen LogP contribution in [0.5, 0.6) is 0 Å². The Hall–Kier alpha value is -1.17. The van der Waals surface area contributed by atoms with Crippen molar-refractivity contribution in [2.24, 2.45) is 0 Å². The molecule has 4 nitrogen and oxygen atoms in total. The Morgan fingerprint density at radius 3 is 2.95 bits per heavy atom. The van der Waals surface area contributed by atoms with Crippen molar-refractivity contribution in [3.63, 3.8) is 0 Å². The van der Waals surface area contributed by atoms with Gasteiger partial charge in [0.2, 0.25) is 5.91 Å². The molecule has 5 heteroatoms. The highest BCUT2D eigenvalue weighted by Crippen LogP contribution is 2.25. The van der Waals surface area contributed by atoms with Crippen LogP contribution in [0.4, 0.5) is 0 Å². The average Bonchev–Trinajstić information content (AvgIpc) is 2.89. The number of β-amino-alcohol motifs (C(OH)–C–C–N with tert-alkyl or cyclic N) is 1. The third-order valence-electron chi connectivity index (χ3n) is 3.74. The SMILES string of the molecule is C=CCN(Cc1cccs1)C(=O)CN1CC(O)(CCC)C1. The maximum atomic E-state index is 12.4. The lowest BCUT2D eigenvalue weighted by Crippen LogP contribution is -2.63. The zero-order valence-corrected chi connectivity index (χ0v) is 13.4. The summed E-state index contributed by atoms with van der Waals surface area (Å²) in [6.07, 6.45) is 3.54. The predicted molar refractivity (Wildman–Crippen MR) is 86.2 cm³/mol. The van der Waals surface area contributed by atoms with Gasteiger partial charge < -0.3 is 10.0 Å². The van der Waals surface area contributed by atoms with Crippen LogP contribution in [0.1, 0.15) is 24.6 Å². The summed E-state index contributed by atoms with van der Waals surface area (Å²) < 4.78 is 0. The van der Waals surface area contributed by atoms with E-state index in [-0.39, 0.29) is 5.91 Å². The van der Waals surface area contributed by atoms with Gasteiger partial charge in [0.1, 0.15) is 0 Å². The topological polar surface area (TPSA) is 43.8 Å². The number of likely N-dealkylation sites (tertiary alicyclic amines) is 1. The normalized spacial score (nSPS) is 17.2. The Morgan fingerprint density at radius 2 is 2.38 bits per heavy atom. The van der Waals surface area contributed by atoms with Crippen molar-refractivity contribution in [2.45, 2.75) is 31.9 Å². The Labute approximate surface area is 130 Å². The van der Waals surface area contributed by atoms with Gasteiger partial charge in [-0.1, -0.05) is 25.5 Å². The van der Waals surface area contributed by atoms with E-state index in [4.69, 9.17) is 0 Å². The summed E-state index contributed by atoms with van der Waals surface area (Å²) in [7, 11) is 0. The number of carbonyl (C=O) groups is 1. The van der Waals surface area contributed by atoms with Gasteiger partial charge in [0.25, 0.3) is 0 Å². The summed E-state index contributed by atoms with van der Waals surface area (Å²) in [4.78, 5) is 17.4. The number of rotatable bonds is 8. The van der Waals surface area contributed by atoms with E-state index in [0.717, 1.165) is 12.8 Å². The number of thiophene rings is 1. The fraction of sp³-hybridized carbons (Fsp3) is 0.562. The molecule has 2 rings (SSSR count). The minimum Gasteiger partial charge on any atom is -0.387 e. The molecule has 0 aromatic carbocycles. The fourth-order valence-corrected chi connectivity index (χ4v) is 3.53. The fourth-order valence-electron chi connectivity index (χ4n) is 2.81. The zero-order chi connectivity index (χ0) is 15.3. The van der Waals surface area contributed by atoms with E-state index < -0.39 is 5.60 Å². The molecule has 0 spiro atoms. The highest BCUT2D eigenvalue weighted by molar-refractivity contribution is 7.09. The zero-order valence-electron chi connectivity index (χ0n) is 12.6. The van der Waals surface area contributed by atoms with E-state index >= 15 is 0 Å². The molecule has 1 aromatic rings. The standard InChI is InChI=1S/C16H24N2O2S/c1-3-7-16(20)12-17(13-16)11-15(19)18(8-4-2)10-14-6-5-9-21-14/h4-6,9,20H,2-3,7-8,10-13H2,1H3. The Kier molecular flexibility index (Phi) is 5.56. The summed E-state index contributed by atoms with van der Waals surface area (Å²) in [5, 5.41) is 12.2. The van der Waals surface area contributed by atoms with E-state index in [2.05, 4.69) is 13.5 Å². The maximum absolute atomic E-state index is 12.4. The van der Waals surface area contributed by atoms with Crippen LogP contribution in [0.3, 0.4) is 0 Å². The first-order valence-electron chi connectivity index (χ1n) is 7.42. The van der Waals surface area contributed by atoms with Gasteiger partial charge in [0.15, 0.2) is 0 Å². The second-order valence-corrected chi connectivity index (χ2v) is 6.79. The summed E-state index contributed by atoms with van der Waals surface area (Å²) in [6, 6.07) is 4.04. The molecule has 1 amide bonds. The van der Waals surface area contributed by atoms with Gasteiger partial charge in [-0.15, -0.1) is 17.9 Å². The minimum atomic E-state index is -0.577. The van der Waals surface area contributed by atoms with Crippen molar-refractivity contribution < 1.29 is 9.90 Å². The van der Waals surface area contributed by atoms with Gasteiger partial charge in [0.05, 0.1) is 18.7 Å². The number of amides is 1. The summed E-state index contributed by atoms with van der Waals surface area (Å²) in [6.45, 7) is 8.58. The van der Waals surface area contributed by atoms with Crippen molar-refractivity contribution in [3.8, 4) is 0 Å². The van der Waals surface area contributed by atoms with E-state index in [1.54, 1.807) is 17.4 Å². The van der Waals surface area contributed by atoms with Gasteiger partial charge in [-0.25, -0.2) is 0 Å². The molecule has 0 atom stereocenters. The van der Waals surface area contributed by atoms with Crippen molar-refractivity contribution >= 4 is 17.2 Å². The van der Waals surface area contributed by atoms with Gasteiger partial charge in [-0.2, -0.15) is 0 Å². The molecule has 2 heterocycles. The van der Waals surface area contributed by atoms with Crippen molar-refractivity contribution in [1.82, 2.24) is 9.80 Å². The monoisotopic (exact) mass is 308 g/mol. The van der Waals surface area contributed by atoms with E-state index in [0.29, 0.717) is 32.7 Å². The van der Waals surface area contributed by atoms with Crippen LogP contribution in [0, 0.1) is 0 Å². The Balaban J connectivity index is 1.84. The van der Waals surface area contributed by atoms with E-state index in [1.807, 2.05) is 27.3 Å². The van der Waals surface area contributed by atoms with Crippen LogP contribution < -0.4 is 0 Å². The lowest BCUT2D eigenvalue weighted by Gasteiger charge is -2.46. The molecule has 1 fully saturated rings. The van der Waals surface area contributed by atoms with Gasteiger partial charge in [-0.3, -0.25) is 9.69 Å². The van der Waals surface area contributed by atoms with E-state index in [1.165, 1.54) is 4.88 Å². The second kappa shape index (κ2) is 7.20. The largest absolute Gasteiger partial charge is 0.387 e.